The Kier molecular flexibility index (Phi) is 7.57. The molecule has 0 spiro atoms. The Hall–Kier alpha value is -2.57. The largest absolute Gasteiger partial charge is 0.497 e. The molecule has 0 heterocycles. The summed E-state index contributed by atoms with van der Waals surface area (Å²) in [5.74, 6) is 4.17. The van der Waals surface area contributed by atoms with Gasteiger partial charge in [0.05, 0.1) is 7.11 Å². The summed E-state index contributed by atoms with van der Waals surface area (Å²) in [4.78, 5) is 0. The van der Waals surface area contributed by atoms with Crippen molar-refractivity contribution in [3.63, 3.8) is 0 Å². The molecule has 0 radical (unpaired) electrons. The second-order valence-corrected chi connectivity index (χ2v) is 15.8. The van der Waals surface area contributed by atoms with Gasteiger partial charge in [-0.15, -0.1) is 11.5 Å². The van der Waals surface area contributed by atoms with Gasteiger partial charge in [-0.1, -0.05) is 68.2 Å². The van der Waals surface area contributed by atoms with Crippen LogP contribution in [-0.4, -0.2) is 15.2 Å². The number of rotatable bonds is 7. The van der Waals surface area contributed by atoms with Gasteiger partial charge in [0.2, 0.25) is 7.29 Å². The molecule has 0 bridgehead atoms. The molecule has 3 aromatic carbocycles. The maximum atomic E-state index is 14.5. The highest BCUT2D eigenvalue weighted by Gasteiger charge is 2.30. The second-order valence-electron chi connectivity index (χ2n) is 8.49. The lowest BCUT2D eigenvalue weighted by Crippen LogP contribution is -2.30. The van der Waals surface area contributed by atoms with Crippen LogP contribution in [0.1, 0.15) is 18.0 Å². The van der Waals surface area contributed by atoms with E-state index in [0.717, 1.165) is 21.9 Å². The Morgan fingerprint density at radius 2 is 1.39 bits per heavy atom. The van der Waals surface area contributed by atoms with Crippen LogP contribution >= 0.6 is 7.29 Å². The van der Waals surface area contributed by atoms with E-state index in [9.17, 15) is 4.57 Å². The van der Waals surface area contributed by atoms with Crippen LogP contribution in [0.5, 0.6) is 5.75 Å². The lowest BCUT2D eigenvalue weighted by Gasteiger charge is -2.26. The predicted octanol–water partition coefficient (Wildman–Crippen LogP) is 5.53. The van der Waals surface area contributed by atoms with Gasteiger partial charge in [0.25, 0.3) is 0 Å². The molecule has 1 N–H and O–H groups in total. The molecule has 5 heteroatoms. The summed E-state index contributed by atoms with van der Waals surface area (Å²) >= 11 is 0. The molecule has 0 fully saturated rings. The average molecular weight is 448 g/mol. The summed E-state index contributed by atoms with van der Waals surface area (Å²) < 4.78 is 19.8. The standard InChI is InChI=1S/C26H30NO2PSi/c1-29-23-19-17-22(18-20-23)26(16-11-21-31(2,3)4)27-30(28,24-12-7-5-8-13-24)25-14-9-6-10-15-25/h5-10,12-15,17-20,26H,16H2,1-4H3,(H,27,28)/t26-/m0/s1. The number of hydrogen-bond acceptors (Lipinski definition) is 2. The third-order valence-corrected chi connectivity index (χ3v) is 8.52. The third-order valence-electron chi connectivity index (χ3n) is 4.86. The molecule has 0 aliphatic rings. The minimum Gasteiger partial charge on any atom is -0.497 e. The molecule has 1 atom stereocenters. The van der Waals surface area contributed by atoms with E-state index in [4.69, 9.17) is 4.74 Å². The fourth-order valence-electron chi connectivity index (χ4n) is 3.29. The molecule has 3 rings (SSSR count). The van der Waals surface area contributed by atoms with E-state index in [0.29, 0.717) is 6.42 Å². The molecule has 0 aliphatic heterocycles. The molecule has 0 amide bonds. The first-order valence-corrected chi connectivity index (χ1v) is 15.7. The van der Waals surface area contributed by atoms with Gasteiger partial charge in [-0.2, -0.15) is 0 Å². The zero-order valence-electron chi connectivity index (χ0n) is 18.6. The highest BCUT2D eigenvalue weighted by atomic mass is 31.2. The van der Waals surface area contributed by atoms with Gasteiger partial charge in [-0.25, -0.2) is 0 Å². The fourth-order valence-corrected chi connectivity index (χ4v) is 6.38. The predicted molar refractivity (Wildman–Crippen MR) is 134 cm³/mol. The number of hydrogen-bond donors (Lipinski definition) is 1. The van der Waals surface area contributed by atoms with Crippen LogP contribution in [-0.2, 0) is 4.57 Å². The minimum absolute atomic E-state index is 0.180. The Balaban J connectivity index is 2.04. The van der Waals surface area contributed by atoms with Gasteiger partial charge in [0, 0.05) is 23.1 Å². The second kappa shape index (κ2) is 10.2. The lowest BCUT2D eigenvalue weighted by atomic mass is 10.1. The van der Waals surface area contributed by atoms with Gasteiger partial charge < -0.3 is 4.74 Å². The Morgan fingerprint density at radius 1 is 0.871 bits per heavy atom. The van der Waals surface area contributed by atoms with Crippen molar-refractivity contribution in [2.75, 3.05) is 7.11 Å². The number of ether oxygens (including phenoxy) is 1. The lowest BCUT2D eigenvalue weighted by molar-refractivity contribution is 0.414. The van der Waals surface area contributed by atoms with E-state index in [1.807, 2.05) is 84.9 Å². The van der Waals surface area contributed by atoms with E-state index >= 15 is 0 Å². The van der Waals surface area contributed by atoms with E-state index in [1.54, 1.807) is 7.11 Å². The van der Waals surface area contributed by atoms with Crippen molar-refractivity contribution in [2.45, 2.75) is 32.1 Å². The van der Waals surface area contributed by atoms with Crippen LogP contribution in [0, 0.1) is 11.5 Å². The van der Waals surface area contributed by atoms with E-state index < -0.39 is 15.4 Å². The van der Waals surface area contributed by atoms with Crippen LogP contribution < -0.4 is 20.4 Å². The van der Waals surface area contributed by atoms with Gasteiger partial charge in [0.15, 0.2) is 0 Å². The van der Waals surface area contributed by atoms with Crippen molar-refractivity contribution in [3.05, 3.63) is 90.5 Å². The summed E-state index contributed by atoms with van der Waals surface area (Å²) in [6.45, 7) is 6.69. The zero-order valence-corrected chi connectivity index (χ0v) is 20.5. The molecule has 0 saturated carbocycles. The molecule has 31 heavy (non-hydrogen) atoms. The molecule has 0 unspecified atom stereocenters. The van der Waals surface area contributed by atoms with Crippen molar-refractivity contribution >= 4 is 26.0 Å². The van der Waals surface area contributed by atoms with Gasteiger partial charge >= 0.3 is 0 Å². The van der Waals surface area contributed by atoms with Crippen molar-refractivity contribution in [1.82, 2.24) is 5.09 Å². The highest BCUT2D eigenvalue weighted by Crippen LogP contribution is 2.42. The van der Waals surface area contributed by atoms with Gasteiger partial charge in [0.1, 0.15) is 13.8 Å². The Labute approximate surface area is 187 Å². The van der Waals surface area contributed by atoms with Crippen LogP contribution in [0.25, 0.3) is 0 Å². The van der Waals surface area contributed by atoms with Crippen LogP contribution in [0.4, 0.5) is 0 Å². The first-order valence-electron chi connectivity index (χ1n) is 10.4. The smallest absolute Gasteiger partial charge is 0.205 e. The quantitative estimate of drug-likeness (QED) is 0.294. The molecule has 3 aromatic rings. The Bertz CT molecular complexity index is 1040. The first-order chi connectivity index (χ1) is 14.8. The van der Waals surface area contributed by atoms with E-state index in [1.165, 1.54) is 0 Å². The van der Waals surface area contributed by atoms with Gasteiger partial charge in [-0.3, -0.25) is 9.65 Å². The number of methoxy groups -OCH3 is 1. The third kappa shape index (κ3) is 6.21. The minimum atomic E-state index is -3.08. The topological polar surface area (TPSA) is 38.3 Å². The molecule has 3 nitrogen and oxygen atoms in total. The summed E-state index contributed by atoms with van der Waals surface area (Å²) in [7, 11) is -2.93. The monoisotopic (exact) mass is 447 g/mol. The fraction of sp³-hybridized carbons (Fsp3) is 0.231. The summed E-state index contributed by atoms with van der Waals surface area (Å²) in [5.41, 5.74) is 4.48. The van der Waals surface area contributed by atoms with Crippen LogP contribution in [0.15, 0.2) is 84.9 Å². The highest BCUT2D eigenvalue weighted by molar-refractivity contribution is 7.76. The van der Waals surface area contributed by atoms with Crippen molar-refractivity contribution in [3.8, 4) is 17.2 Å². The maximum Gasteiger partial charge on any atom is 0.205 e. The summed E-state index contributed by atoms with van der Waals surface area (Å²) in [6, 6.07) is 27.1. The first kappa shape index (κ1) is 23.1. The number of nitrogens with one attached hydrogen (secondary N) is 1. The molecular weight excluding hydrogens is 417 g/mol. The summed E-state index contributed by atoms with van der Waals surface area (Å²) in [6.07, 6.45) is 0.584. The zero-order chi connectivity index (χ0) is 22.3. The van der Waals surface area contributed by atoms with E-state index in [-0.39, 0.29) is 6.04 Å². The molecule has 0 aromatic heterocycles. The number of benzene rings is 3. The molecule has 160 valence electrons. The van der Waals surface area contributed by atoms with Crippen molar-refractivity contribution in [1.29, 1.82) is 0 Å². The SMILES string of the molecule is COc1ccc([C@H](CC#C[Si](C)(C)C)NP(=O)(c2ccccc2)c2ccccc2)cc1. The summed E-state index contributed by atoms with van der Waals surface area (Å²) in [5, 5.41) is 5.11. The molecule has 0 saturated heterocycles. The van der Waals surface area contributed by atoms with E-state index in [2.05, 4.69) is 36.2 Å². The average Bonchev–Trinajstić information content (AvgIpc) is 2.79. The van der Waals surface area contributed by atoms with Crippen LogP contribution in [0.2, 0.25) is 19.6 Å². The van der Waals surface area contributed by atoms with Gasteiger partial charge in [-0.05, 0) is 42.0 Å². The maximum absolute atomic E-state index is 14.5. The normalized spacial score (nSPS) is 12.5. The molecular formula is C26H30NO2PSi. The van der Waals surface area contributed by atoms with Crippen molar-refractivity contribution in [2.24, 2.45) is 0 Å². The Morgan fingerprint density at radius 3 is 1.84 bits per heavy atom. The molecule has 0 aliphatic carbocycles. The van der Waals surface area contributed by atoms with Crippen molar-refractivity contribution < 1.29 is 9.30 Å². The van der Waals surface area contributed by atoms with Crippen LogP contribution in [0.3, 0.4) is 0 Å².